The van der Waals surface area contributed by atoms with E-state index in [0.29, 0.717) is 23.7 Å². The molecule has 0 saturated heterocycles. The van der Waals surface area contributed by atoms with Crippen molar-refractivity contribution in [3.05, 3.63) is 16.6 Å². The number of anilines is 1. The molecule has 1 unspecified atom stereocenters. The van der Waals surface area contributed by atoms with Gasteiger partial charge in [-0.05, 0) is 23.0 Å². The highest BCUT2D eigenvalue weighted by molar-refractivity contribution is 9.10. The monoisotopic (exact) mass is 366 g/mol. The lowest BCUT2D eigenvalue weighted by atomic mass is 10.1. The Hall–Kier alpha value is -0.980. The van der Waals surface area contributed by atoms with Gasteiger partial charge in [0.1, 0.15) is 0 Å². The van der Waals surface area contributed by atoms with Crippen LogP contribution in [-0.2, 0) is 4.79 Å². The van der Waals surface area contributed by atoms with E-state index in [2.05, 4.69) is 26.6 Å². The van der Waals surface area contributed by atoms with Gasteiger partial charge in [-0.15, -0.1) is 12.4 Å². The fourth-order valence-electron chi connectivity index (χ4n) is 1.60. The SMILES string of the molecule is CNCC(C)C(=O)Nc1cc(OC)c(OC)cc1Br.Cl. The third kappa shape index (κ3) is 4.85. The zero-order chi connectivity index (χ0) is 14.4. The molecule has 1 aromatic carbocycles. The Labute approximate surface area is 133 Å². The smallest absolute Gasteiger partial charge is 0.228 e. The van der Waals surface area contributed by atoms with Crippen LogP contribution in [0.25, 0.3) is 0 Å². The van der Waals surface area contributed by atoms with Gasteiger partial charge >= 0.3 is 0 Å². The lowest BCUT2D eigenvalue weighted by Gasteiger charge is -2.15. The molecular weight excluding hydrogens is 348 g/mol. The van der Waals surface area contributed by atoms with Crippen molar-refractivity contribution in [2.45, 2.75) is 6.92 Å². The minimum atomic E-state index is -0.120. The van der Waals surface area contributed by atoms with Crippen molar-refractivity contribution in [2.75, 3.05) is 33.1 Å². The van der Waals surface area contributed by atoms with E-state index in [1.165, 1.54) is 0 Å². The summed E-state index contributed by atoms with van der Waals surface area (Å²) in [6.07, 6.45) is 0. The van der Waals surface area contributed by atoms with Gasteiger partial charge in [0.15, 0.2) is 11.5 Å². The van der Waals surface area contributed by atoms with Crippen LogP contribution < -0.4 is 20.1 Å². The molecule has 0 aromatic heterocycles. The first-order valence-corrected chi connectivity index (χ1v) is 6.69. The summed E-state index contributed by atoms with van der Waals surface area (Å²) in [5.74, 6) is 1.00. The number of carbonyl (C=O) groups is 1. The van der Waals surface area contributed by atoms with Crippen LogP contribution in [0, 0.1) is 5.92 Å². The van der Waals surface area contributed by atoms with Crippen LogP contribution in [0.3, 0.4) is 0 Å². The number of ether oxygens (including phenoxy) is 2. The molecule has 1 amide bonds. The lowest BCUT2D eigenvalue weighted by molar-refractivity contribution is -0.119. The summed E-state index contributed by atoms with van der Waals surface area (Å²) in [7, 11) is 4.94. The molecule has 0 radical (unpaired) electrons. The number of carbonyl (C=O) groups excluding carboxylic acids is 1. The van der Waals surface area contributed by atoms with Crippen LogP contribution in [0.2, 0.25) is 0 Å². The molecule has 0 saturated carbocycles. The number of rotatable bonds is 6. The molecule has 0 aliphatic carbocycles. The van der Waals surface area contributed by atoms with Gasteiger partial charge in [-0.2, -0.15) is 0 Å². The number of amides is 1. The molecule has 0 spiro atoms. The van der Waals surface area contributed by atoms with E-state index < -0.39 is 0 Å². The van der Waals surface area contributed by atoms with Gasteiger partial charge in [-0.3, -0.25) is 4.79 Å². The number of benzene rings is 1. The van der Waals surface area contributed by atoms with Gasteiger partial charge in [-0.25, -0.2) is 0 Å². The van der Waals surface area contributed by atoms with Crippen molar-refractivity contribution >= 4 is 39.9 Å². The van der Waals surface area contributed by atoms with Crippen molar-refractivity contribution in [1.29, 1.82) is 0 Å². The molecule has 0 fully saturated rings. The number of hydrogen-bond donors (Lipinski definition) is 2. The second-order valence-electron chi connectivity index (χ2n) is 4.14. The van der Waals surface area contributed by atoms with E-state index in [0.717, 1.165) is 4.47 Å². The molecule has 2 N–H and O–H groups in total. The minimum Gasteiger partial charge on any atom is -0.493 e. The third-order valence-corrected chi connectivity index (χ3v) is 3.35. The Balaban J connectivity index is 0.00000361. The predicted molar refractivity (Wildman–Crippen MR) is 86.2 cm³/mol. The fraction of sp³-hybridized carbons (Fsp3) is 0.462. The second-order valence-corrected chi connectivity index (χ2v) is 4.99. The summed E-state index contributed by atoms with van der Waals surface area (Å²) < 4.78 is 11.1. The summed E-state index contributed by atoms with van der Waals surface area (Å²) >= 11 is 3.40. The maximum atomic E-state index is 12.0. The molecule has 1 rings (SSSR count). The first kappa shape index (κ1) is 19.0. The van der Waals surface area contributed by atoms with Crippen LogP contribution in [0.4, 0.5) is 5.69 Å². The highest BCUT2D eigenvalue weighted by atomic mass is 79.9. The predicted octanol–water partition coefficient (Wildman–Crippen LogP) is 2.68. The van der Waals surface area contributed by atoms with E-state index in [9.17, 15) is 4.79 Å². The van der Waals surface area contributed by atoms with Crippen molar-refractivity contribution in [3.63, 3.8) is 0 Å². The van der Waals surface area contributed by atoms with Crippen molar-refractivity contribution in [2.24, 2.45) is 5.92 Å². The summed E-state index contributed by atoms with van der Waals surface area (Å²) in [5.41, 5.74) is 0.658. The maximum Gasteiger partial charge on any atom is 0.228 e. The van der Waals surface area contributed by atoms with Gasteiger partial charge in [0.05, 0.1) is 19.9 Å². The highest BCUT2D eigenvalue weighted by Crippen LogP contribution is 2.36. The molecule has 0 aliphatic heterocycles. The first-order valence-electron chi connectivity index (χ1n) is 5.90. The van der Waals surface area contributed by atoms with Crippen molar-refractivity contribution < 1.29 is 14.3 Å². The van der Waals surface area contributed by atoms with E-state index in [1.54, 1.807) is 26.4 Å². The summed E-state index contributed by atoms with van der Waals surface area (Å²) in [4.78, 5) is 12.0. The molecule has 1 aromatic rings. The number of hydrogen-bond acceptors (Lipinski definition) is 4. The van der Waals surface area contributed by atoms with Crippen LogP contribution in [-0.4, -0.2) is 33.7 Å². The van der Waals surface area contributed by atoms with Gasteiger partial charge in [-0.1, -0.05) is 6.92 Å². The average Bonchev–Trinajstić information content (AvgIpc) is 2.40. The maximum absolute atomic E-state index is 12.0. The molecule has 0 bridgehead atoms. The molecule has 7 heteroatoms. The fourth-order valence-corrected chi connectivity index (χ4v) is 2.03. The molecule has 0 aliphatic rings. The van der Waals surface area contributed by atoms with Gasteiger partial charge in [0.2, 0.25) is 5.91 Å². The van der Waals surface area contributed by atoms with E-state index in [1.807, 2.05) is 14.0 Å². The van der Waals surface area contributed by atoms with Gasteiger partial charge < -0.3 is 20.1 Å². The lowest BCUT2D eigenvalue weighted by Crippen LogP contribution is -2.28. The quantitative estimate of drug-likeness (QED) is 0.811. The van der Waals surface area contributed by atoms with Crippen LogP contribution in [0.1, 0.15) is 6.92 Å². The average molecular weight is 368 g/mol. The first-order chi connectivity index (χ1) is 9.03. The van der Waals surface area contributed by atoms with Crippen molar-refractivity contribution in [3.8, 4) is 11.5 Å². The Bertz CT molecular complexity index is 457. The van der Waals surface area contributed by atoms with Crippen LogP contribution >= 0.6 is 28.3 Å². The number of nitrogens with one attached hydrogen (secondary N) is 2. The summed E-state index contributed by atoms with van der Waals surface area (Å²) in [6.45, 7) is 2.48. The standard InChI is InChI=1S/C13H19BrN2O3.ClH/c1-8(7-15-2)13(17)16-10-6-12(19-4)11(18-3)5-9(10)14;/h5-6,8,15H,7H2,1-4H3,(H,16,17);1H. The van der Waals surface area contributed by atoms with E-state index in [4.69, 9.17) is 9.47 Å². The zero-order valence-electron chi connectivity index (χ0n) is 12.0. The molecule has 5 nitrogen and oxygen atoms in total. The Morgan fingerprint density at radius 3 is 2.35 bits per heavy atom. The summed E-state index contributed by atoms with van der Waals surface area (Å²) in [5, 5.41) is 5.83. The largest absolute Gasteiger partial charge is 0.493 e. The zero-order valence-corrected chi connectivity index (χ0v) is 14.4. The molecule has 20 heavy (non-hydrogen) atoms. The Morgan fingerprint density at radius 1 is 1.30 bits per heavy atom. The second kappa shape index (κ2) is 9.05. The third-order valence-electron chi connectivity index (χ3n) is 2.69. The normalized spacial score (nSPS) is 11.2. The Morgan fingerprint density at radius 2 is 1.85 bits per heavy atom. The highest BCUT2D eigenvalue weighted by Gasteiger charge is 2.15. The summed E-state index contributed by atoms with van der Waals surface area (Å²) in [6, 6.07) is 3.49. The molecule has 1 atom stereocenters. The Kier molecular flexibility index (Phi) is 8.60. The van der Waals surface area contributed by atoms with Crippen molar-refractivity contribution in [1.82, 2.24) is 5.32 Å². The molecule has 114 valence electrons. The van der Waals surface area contributed by atoms with E-state index in [-0.39, 0.29) is 24.2 Å². The molecule has 0 heterocycles. The number of methoxy groups -OCH3 is 2. The number of halogens is 2. The van der Waals surface area contributed by atoms with Crippen LogP contribution in [0.5, 0.6) is 11.5 Å². The van der Waals surface area contributed by atoms with E-state index >= 15 is 0 Å². The van der Waals surface area contributed by atoms with Gasteiger partial charge in [0.25, 0.3) is 0 Å². The van der Waals surface area contributed by atoms with Crippen LogP contribution in [0.15, 0.2) is 16.6 Å². The van der Waals surface area contributed by atoms with Gasteiger partial charge in [0, 0.05) is 29.1 Å². The minimum absolute atomic E-state index is 0. The topological polar surface area (TPSA) is 59.6 Å². The molecular formula is C13H20BrClN2O3.